The van der Waals surface area contributed by atoms with Gasteiger partial charge in [0.15, 0.2) is 5.82 Å². The lowest BCUT2D eigenvalue weighted by Gasteiger charge is -2.08. The van der Waals surface area contributed by atoms with E-state index in [0.29, 0.717) is 12.4 Å². The van der Waals surface area contributed by atoms with Gasteiger partial charge in [-0.25, -0.2) is 4.98 Å². The van der Waals surface area contributed by atoms with Gasteiger partial charge in [-0.3, -0.25) is 0 Å². The molecule has 0 aliphatic heterocycles. The molecule has 0 aromatic carbocycles. The second kappa shape index (κ2) is 6.17. The highest BCUT2D eigenvalue weighted by Crippen LogP contribution is 2.15. The molecule has 0 amide bonds. The maximum Gasteiger partial charge on any atom is 0.243 e. The first-order chi connectivity index (χ1) is 9.51. The second-order valence-corrected chi connectivity index (χ2v) is 5.36. The van der Waals surface area contributed by atoms with Crippen molar-refractivity contribution in [1.82, 2.24) is 25.4 Å². The normalized spacial score (nSPS) is 13.1. The van der Waals surface area contributed by atoms with Gasteiger partial charge in [0.1, 0.15) is 5.82 Å². The van der Waals surface area contributed by atoms with Crippen molar-refractivity contribution < 1.29 is 4.52 Å². The Morgan fingerprint density at radius 3 is 2.55 bits per heavy atom. The Bertz CT molecular complexity index is 558. The van der Waals surface area contributed by atoms with Gasteiger partial charge < -0.3 is 14.8 Å². The predicted octanol–water partition coefficient (Wildman–Crippen LogP) is 2.64. The molecule has 0 unspecified atom stereocenters. The van der Waals surface area contributed by atoms with E-state index in [2.05, 4.69) is 32.3 Å². The molecule has 110 valence electrons. The van der Waals surface area contributed by atoms with Crippen LogP contribution in [0, 0.1) is 6.92 Å². The molecule has 6 heteroatoms. The number of H-pyrrole nitrogens is 1. The number of rotatable bonds is 6. The Hall–Kier alpha value is -1.69. The Balaban J connectivity index is 1.96. The maximum atomic E-state index is 5.28. The first-order valence-corrected chi connectivity index (χ1v) is 7.12. The summed E-state index contributed by atoms with van der Waals surface area (Å²) in [5, 5.41) is 7.35. The minimum atomic E-state index is 0.0103. The van der Waals surface area contributed by atoms with E-state index in [4.69, 9.17) is 4.52 Å². The lowest BCUT2D eigenvalue weighted by Crippen LogP contribution is -2.19. The van der Waals surface area contributed by atoms with Crippen LogP contribution in [0.1, 0.15) is 68.6 Å². The molecule has 6 nitrogen and oxygen atoms in total. The Morgan fingerprint density at radius 1 is 1.25 bits per heavy atom. The second-order valence-electron chi connectivity index (χ2n) is 5.36. The third-order valence-corrected chi connectivity index (χ3v) is 3.29. The maximum absolute atomic E-state index is 5.28. The Morgan fingerprint density at radius 2 is 2.00 bits per heavy atom. The molecule has 2 aromatic rings. The highest BCUT2D eigenvalue weighted by molar-refractivity contribution is 5.13. The predicted molar refractivity (Wildman–Crippen MR) is 76.3 cm³/mol. The molecule has 20 heavy (non-hydrogen) atoms. The van der Waals surface area contributed by atoms with Gasteiger partial charge in [0.25, 0.3) is 0 Å². The van der Waals surface area contributed by atoms with Crippen LogP contribution in [0.2, 0.25) is 0 Å². The SMILES string of the molecule is CCc1nc(CN[C@@H](C)c2nc(C(C)C)no2)c(C)[nH]1. The molecular weight excluding hydrogens is 254 g/mol. The Kier molecular flexibility index (Phi) is 4.54. The summed E-state index contributed by atoms with van der Waals surface area (Å²) in [6.07, 6.45) is 0.914. The number of imidazole rings is 1. The number of aryl methyl sites for hydroxylation is 2. The van der Waals surface area contributed by atoms with E-state index in [1.165, 1.54) is 0 Å². The van der Waals surface area contributed by atoms with Crippen molar-refractivity contribution in [2.45, 2.75) is 59.5 Å². The first-order valence-electron chi connectivity index (χ1n) is 7.12. The van der Waals surface area contributed by atoms with Crippen LogP contribution in [-0.4, -0.2) is 20.1 Å². The highest BCUT2D eigenvalue weighted by Gasteiger charge is 2.16. The van der Waals surface area contributed by atoms with Gasteiger partial charge in [-0.1, -0.05) is 25.9 Å². The zero-order valence-corrected chi connectivity index (χ0v) is 12.8. The van der Waals surface area contributed by atoms with E-state index in [0.717, 1.165) is 29.5 Å². The molecule has 2 aromatic heterocycles. The van der Waals surface area contributed by atoms with Crippen LogP contribution in [0.15, 0.2) is 4.52 Å². The van der Waals surface area contributed by atoms with Crippen LogP contribution in [0.5, 0.6) is 0 Å². The third-order valence-electron chi connectivity index (χ3n) is 3.29. The van der Waals surface area contributed by atoms with Crippen molar-refractivity contribution in [3.05, 3.63) is 28.9 Å². The summed E-state index contributed by atoms with van der Waals surface area (Å²) in [6, 6.07) is 0.0103. The fourth-order valence-electron chi connectivity index (χ4n) is 1.90. The van der Waals surface area contributed by atoms with Crippen molar-refractivity contribution >= 4 is 0 Å². The molecule has 0 spiro atoms. The molecule has 0 aliphatic rings. The quantitative estimate of drug-likeness (QED) is 0.848. The van der Waals surface area contributed by atoms with E-state index in [-0.39, 0.29) is 12.0 Å². The number of nitrogens with one attached hydrogen (secondary N) is 2. The van der Waals surface area contributed by atoms with Crippen molar-refractivity contribution in [3.8, 4) is 0 Å². The monoisotopic (exact) mass is 277 g/mol. The molecule has 0 bridgehead atoms. The number of aromatic nitrogens is 4. The first kappa shape index (κ1) is 14.7. The highest BCUT2D eigenvalue weighted by atomic mass is 16.5. The van der Waals surface area contributed by atoms with Crippen LogP contribution in [0.3, 0.4) is 0 Å². The number of hydrogen-bond donors (Lipinski definition) is 2. The minimum absolute atomic E-state index is 0.0103. The zero-order valence-electron chi connectivity index (χ0n) is 12.8. The lowest BCUT2D eigenvalue weighted by molar-refractivity contribution is 0.334. The summed E-state index contributed by atoms with van der Waals surface area (Å²) in [5.41, 5.74) is 2.15. The standard InChI is InChI=1S/C14H23N5O/c1-6-12-16-9(4)11(17-12)7-15-10(5)14-18-13(8(2)3)19-20-14/h8,10,15H,6-7H2,1-5H3,(H,16,17)/t10-/m0/s1. The van der Waals surface area contributed by atoms with Crippen LogP contribution in [0.25, 0.3) is 0 Å². The van der Waals surface area contributed by atoms with Gasteiger partial charge >= 0.3 is 0 Å². The average molecular weight is 277 g/mol. The van der Waals surface area contributed by atoms with Crippen LogP contribution in [0.4, 0.5) is 0 Å². The molecule has 2 heterocycles. The molecule has 0 saturated heterocycles. The minimum Gasteiger partial charge on any atom is -0.346 e. The summed E-state index contributed by atoms with van der Waals surface area (Å²) >= 11 is 0. The molecule has 2 rings (SSSR count). The van der Waals surface area contributed by atoms with E-state index >= 15 is 0 Å². The fourth-order valence-corrected chi connectivity index (χ4v) is 1.90. The van der Waals surface area contributed by atoms with E-state index in [1.807, 2.05) is 27.7 Å². The van der Waals surface area contributed by atoms with Gasteiger partial charge in [0, 0.05) is 24.6 Å². The van der Waals surface area contributed by atoms with Crippen molar-refractivity contribution in [3.63, 3.8) is 0 Å². The summed E-state index contributed by atoms with van der Waals surface area (Å²) in [5.74, 6) is 2.67. The number of nitrogens with zero attached hydrogens (tertiary/aromatic N) is 3. The van der Waals surface area contributed by atoms with Crippen molar-refractivity contribution in [2.75, 3.05) is 0 Å². The van der Waals surface area contributed by atoms with E-state index in [1.54, 1.807) is 0 Å². The smallest absolute Gasteiger partial charge is 0.243 e. The molecule has 0 fully saturated rings. The van der Waals surface area contributed by atoms with Gasteiger partial charge in [-0.15, -0.1) is 0 Å². The largest absolute Gasteiger partial charge is 0.346 e. The molecule has 2 N–H and O–H groups in total. The van der Waals surface area contributed by atoms with Gasteiger partial charge in [0.2, 0.25) is 5.89 Å². The lowest BCUT2D eigenvalue weighted by atomic mass is 10.2. The molecule has 0 saturated carbocycles. The molecular formula is C14H23N5O. The summed E-state index contributed by atoms with van der Waals surface area (Å²) in [7, 11) is 0. The van der Waals surface area contributed by atoms with Crippen LogP contribution in [-0.2, 0) is 13.0 Å². The van der Waals surface area contributed by atoms with Crippen LogP contribution < -0.4 is 5.32 Å². The van der Waals surface area contributed by atoms with Crippen LogP contribution >= 0.6 is 0 Å². The van der Waals surface area contributed by atoms with Gasteiger partial charge in [0.05, 0.1) is 11.7 Å². The molecule has 1 atom stereocenters. The summed E-state index contributed by atoms with van der Waals surface area (Å²) < 4.78 is 5.28. The Labute approximate surface area is 119 Å². The zero-order chi connectivity index (χ0) is 14.7. The van der Waals surface area contributed by atoms with Gasteiger partial charge in [-0.05, 0) is 13.8 Å². The molecule has 0 radical (unpaired) electrons. The molecule has 0 aliphatic carbocycles. The number of hydrogen-bond acceptors (Lipinski definition) is 5. The average Bonchev–Trinajstić information content (AvgIpc) is 3.02. The van der Waals surface area contributed by atoms with Gasteiger partial charge in [-0.2, -0.15) is 4.98 Å². The fraction of sp³-hybridized carbons (Fsp3) is 0.643. The summed E-state index contributed by atoms with van der Waals surface area (Å²) in [6.45, 7) is 10.9. The summed E-state index contributed by atoms with van der Waals surface area (Å²) in [4.78, 5) is 12.2. The van der Waals surface area contributed by atoms with Crippen molar-refractivity contribution in [1.29, 1.82) is 0 Å². The van der Waals surface area contributed by atoms with E-state index < -0.39 is 0 Å². The third kappa shape index (κ3) is 3.25. The number of aromatic amines is 1. The topological polar surface area (TPSA) is 79.6 Å². The van der Waals surface area contributed by atoms with E-state index in [9.17, 15) is 0 Å². The van der Waals surface area contributed by atoms with Crippen molar-refractivity contribution in [2.24, 2.45) is 0 Å².